The van der Waals surface area contributed by atoms with Crippen LogP contribution in [-0.4, -0.2) is 18.6 Å². The summed E-state index contributed by atoms with van der Waals surface area (Å²) in [7, 11) is 0. The SMILES string of the molecule is CC(CNCC1(N)CC1)C(C)(C)C. The minimum atomic E-state index is 0.150. The first-order chi connectivity index (χ1) is 5.83. The van der Waals surface area contributed by atoms with Gasteiger partial charge in [0.1, 0.15) is 0 Å². The number of rotatable bonds is 4. The fourth-order valence-corrected chi connectivity index (χ4v) is 1.18. The fourth-order valence-electron chi connectivity index (χ4n) is 1.18. The molecule has 1 aliphatic carbocycles. The Morgan fingerprint density at radius 1 is 1.38 bits per heavy atom. The lowest BCUT2D eigenvalue weighted by molar-refractivity contribution is 0.251. The van der Waals surface area contributed by atoms with Gasteiger partial charge in [-0.25, -0.2) is 0 Å². The molecule has 78 valence electrons. The zero-order valence-corrected chi connectivity index (χ0v) is 9.48. The Kier molecular flexibility index (Phi) is 3.03. The van der Waals surface area contributed by atoms with E-state index in [0.717, 1.165) is 13.1 Å². The number of hydrogen-bond donors (Lipinski definition) is 2. The predicted molar refractivity (Wildman–Crippen MR) is 57.6 cm³/mol. The maximum absolute atomic E-state index is 5.98. The van der Waals surface area contributed by atoms with E-state index in [2.05, 4.69) is 33.0 Å². The van der Waals surface area contributed by atoms with Crippen LogP contribution in [0.4, 0.5) is 0 Å². The van der Waals surface area contributed by atoms with E-state index in [1.165, 1.54) is 12.8 Å². The van der Waals surface area contributed by atoms with Gasteiger partial charge in [-0.3, -0.25) is 0 Å². The highest BCUT2D eigenvalue weighted by Gasteiger charge is 2.37. The van der Waals surface area contributed by atoms with Crippen LogP contribution in [0.5, 0.6) is 0 Å². The molecule has 1 rings (SSSR count). The Bertz CT molecular complexity index is 165. The van der Waals surface area contributed by atoms with Crippen LogP contribution < -0.4 is 11.1 Å². The van der Waals surface area contributed by atoms with Gasteiger partial charge < -0.3 is 11.1 Å². The van der Waals surface area contributed by atoms with Crippen LogP contribution >= 0.6 is 0 Å². The van der Waals surface area contributed by atoms with Gasteiger partial charge in [-0.15, -0.1) is 0 Å². The Hall–Kier alpha value is -0.0800. The Morgan fingerprint density at radius 2 is 1.92 bits per heavy atom. The minimum absolute atomic E-state index is 0.150. The van der Waals surface area contributed by atoms with Crippen molar-refractivity contribution in [2.75, 3.05) is 13.1 Å². The maximum Gasteiger partial charge on any atom is 0.0282 e. The lowest BCUT2D eigenvalue weighted by atomic mass is 9.82. The van der Waals surface area contributed by atoms with Crippen molar-refractivity contribution in [2.24, 2.45) is 17.1 Å². The molecule has 0 saturated heterocycles. The molecule has 0 aromatic carbocycles. The van der Waals surface area contributed by atoms with Gasteiger partial charge in [-0.2, -0.15) is 0 Å². The average Bonchev–Trinajstić information content (AvgIpc) is 2.66. The van der Waals surface area contributed by atoms with Crippen LogP contribution in [0.1, 0.15) is 40.5 Å². The molecule has 0 aliphatic heterocycles. The van der Waals surface area contributed by atoms with E-state index in [0.29, 0.717) is 11.3 Å². The highest BCUT2D eigenvalue weighted by Crippen LogP contribution is 2.31. The number of nitrogens with two attached hydrogens (primary N) is 1. The topological polar surface area (TPSA) is 38.0 Å². The van der Waals surface area contributed by atoms with E-state index in [4.69, 9.17) is 5.73 Å². The molecule has 1 saturated carbocycles. The van der Waals surface area contributed by atoms with Gasteiger partial charge in [0, 0.05) is 12.1 Å². The molecular weight excluding hydrogens is 160 g/mol. The summed E-state index contributed by atoms with van der Waals surface area (Å²) in [6.45, 7) is 11.2. The smallest absolute Gasteiger partial charge is 0.0282 e. The second-order valence-corrected chi connectivity index (χ2v) is 5.76. The molecule has 2 nitrogen and oxygen atoms in total. The zero-order chi connectivity index (χ0) is 10.1. The molecule has 3 N–H and O–H groups in total. The summed E-state index contributed by atoms with van der Waals surface area (Å²) in [5.74, 6) is 0.704. The Balaban J connectivity index is 2.12. The summed E-state index contributed by atoms with van der Waals surface area (Å²) in [6.07, 6.45) is 2.40. The van der Waals surface area contributed by atoms with Gasteiger partial charge in [0.2, 0.25) is 0 Å². The lowest BCUT2D eigenvalue weighted by Gasteiger charge is -2.28. The van der Waals surface area contributed by atoms with Crippen molar-refractivity contribution in [2.45, 2.75) is 46.1 Å². The molecule has 0 heterocycles. The quantitative estimate of drug-likeness (QED) is 0.698. The molecule has 2 heteroatoms. The standard InChI is InChI=1S/C11H24N2/c1-9(10(2,3)4)7-13-8-11(12)5-6-11/h9,13H,5-8,12H2,1-4H3. The van der Waals surface area contributed by atoms with E-state index in [-0.39, 0.29) is 5.54 Å². The van der Waals surface area contributed by atoms with Crippen LogP contribution in [0, 0.1) is 11.3 Å². The van der Waals surface area contributed by atoms with E-state index in [1.807, 2.05) is 0 Å². The van der Waals surface area contributed by atoms with Gasteiger partial charge in [-0.05, 0) is 30.7 Å². The Morgan fingerprint density at radius 3 is 2.31 bits per heavy atom. The van der Waals surface area contributed by atoms with Crippen LogP contribution in [0.25, 0.3) is 0 Å². The molecule has 0 bridgehead atoms. The van der Waals surface area contributed by atoms with Crippen LogP contribution in [0.15, 0.2) is 0 Å². The Labute approximate surface area is 82.3 Å². The van der Waals surface area contributed by atoms with Crippen molar-refractivity contribution < 1.29 is 0 Å². The lowest BCUT2D eigenvalue weighted by Crippen LogP contribution is -2.39. The van der Waals surface area contributed by atoms with Crippen molar-refractivity contribution >= 4 is 0 Å². The first-order valence-electron chi connectivity index (χ1n) is 5.33. The molecule has 0 aromatic rings. The van der Waals surface area contributed by atoms with Gasteiger partial charge >= 0.3 is 0 Å². The number of nitrogens with one attached hydrogen (secondary N) is 1. The molecule has 0 radical (unpaired) electrons. The molecule has 0 amide bonds. The summed E-state index contributed by atoms with van der Waals surface area (Å²) in [6, 6.07) is 0. The molecule has 0 aromatic heterocycles. The highest BCUT2D eigenvalue weighted by molar-refractivity contribution is 5.00. The second kappa shape index (κ2) is 3.58. The monoisotopic (exact) mass is 184 g/mol. The second-order valence-electron chi connectivity index (χ2n) is 5.76. The molecular formula is C11H24N2. The molecule has 0 spiro atoms. The van der Waals surface area contributed by atoms with Gasteiger partial charge in [0.15, 0.2) is 0 Å². The fraction of sp³-hybridized carbons (Fsp3) is 1.00. The van der Waals surface area contributed by atoms with Crippen molar-refractivity contribution in [1.29, 1.82) is 0 Å². The average molecular weight is 184 g/mol. The van der Waals surface area contributed by atoms with Crippen molar-refractivity contribution in [3.8, 4) is 0 Å². The largest absolute Gasteiger partial charge is 0.324 e. The molecule has 1 fully saturated rings. The molecule has 1 aliphatic rings. The summed E-state index contributed by atoms with van der Waals surface area (Å²) >= 11 is 0. The van der Waals surface area contributed by atoms with Crippen molar-refractivity contribution in [3.05, 3.63) is 0 Å². The van der Waals surface area contributed by atoms with E-state index in [9.17, 15) is 0 Å². The predicted octanol–water partition coefficient (Wildman–Crippen LogP) is 1.75. The van der Waals surface area contributed by atoms with Gasteiger partial charge in [-0.1, -0.05) is 27.7 Å². The van der Waals surface area contributed by atoms with Crippen LogP contribution in [0.3, 0.4) is 0 Å². The molecule has 13 heavy (non-hydrogen) atoms. The van der Waals surface area contributed by atoms with Crippen molar-refractivity contribution in [1.82, 2.24) is 5.32 Å². The van der Waals surface area contributed by atoms with E-state index < -0.39 is 0 Å². The van der Waals surface area contributed by atoms with Crippen LogP contribution in [0.2, 0.25) is 0 Å². The normalized spacial score (nSPS) is 22.8. The minimum Gasteiger partial charge on any atom is -0.324 e. The number of hydrogen-bond acceptors (Lipinski definition) is 2. The summed E-state index contributed by atoms with van der Waals surface area (Å²) in [5, 5.41) is 3.47. The van der Waals surface area contributed by atoms with Crippen molar-refractivity contribution in [3.63, 3.8) is 0 Å². The third-order valence-electron chi connectivity index (χ3n) is 3.30. The summed E-state index contributed by atoms with van der Waals surface area (Å²) in [5.41, 5.74) is 6.53. The van der Waals surface area contributed by atoms with Gasteiger partial charge in [0.25, 0.3) is 0 Å². The summed E-state index contributed by atoms with van der Waals surface area (Å²) in [4.78, 5) is 0. The molecule has 1 atom stereocenters. The zero-order valence-electron chi connectivity index (χ0n) is 9.48. The first kappa shape index (κ1) is 11.0. The third kappa shape index (κ3) is 3.65. The first-order valence-corrected chi connectivity index (χ1v) is 5.33. The summed E-state index contributed by atoms with van der Waals surface area (Å²) < 4.78 is 0. The van der Waals surface area contributed by atoms with Crippen LogP contribution in [-0.2, 0) is 0 Å². The maximum atomic E-state index is 5.98. The third-order valence-corrected chi connectivity index (χ3v) is 3.30. The molecule has 1 unspecified atom stereocenters. The van der Waals surface area contributed by atoms with E-state index >= 15 is 0 Å². The van der Waals surface area contributed by atoms with Gasteiger partial charge in [0.05, 0.1) is 0 Å². The van der Waals surface area contributed by atoms with E-state index in [1.54, 1.807) is 0 Å². The highest BCUT2D eigenvalue weighted by atomic mass is 15.0.